The summed E-state index contributed by atoms with van der Waals surface area (Å²) >= 11 is 0. The molecule has 1 atom stereocenters. The predicted octanol–water partition coefficient (Wildman–Crippen LogP) is -0.478. The van der Waals surface area contributed by atoms with Crippen LogP contribution in [0, 0.1) is 5.92 Å². The average Bonchev–Trinajstić information content (AvgIpc) is 1.69. The van der Waals surface area contributed by atoms with Gasteiger partial charge in [-0.3, -0.25) is 0 Å². The lowest BCUT2D eigenvalue weighted by Crippen LogP contribution is -2.19. The molecule has 0 rings (SSSR count). The molecule has 0 spiro atoms. The number of rotatable bonds is 3. The third kappa shape index (κ3) is 2.04. The van der Waals surface area contributed by atoms with Crippen molar-refractivity contribution in [3.05, 3.63) is 0 Å². The van der Waals surface area contributed by atoms with Gasteiger partial charge in [0.05, 0.1) is 5.92 Å². The minimum atomic E-state index is -1.49. The van der Waals surface area contributed by atoms with Gasteiger partial charge in [0, 0.05) is 0 Å². The van der Waals surface area contributed by atoms with Crippen LogP contribution in [0.15, 0.2) is 0 Å². The second-order valence-corrected chi connectivity index (χ2v) is 1.62. The van der Waals surface area contributed by atoms with Crippen molar-refractivity contribution in [3.63, 3.8) is 0 Å². The topological polar surface area (TPSA) is 57.5 Å². The van der Waals surface area contributed by atoms with Gasteiger partial charge in [0.2, 0.25) is 0 Å². The van der Waals surface area contributed by atoms with Gasteiger partial charge in [-0.2, -0.15) is 0 Å². The van der Waals surface area contributed by atoms with Crippen LogP contribution >= 0.6 is 0 Å². The molecule has 2 N–H and O–H groups in total. The SMILES string of the molecule is CCC(C=O)C(O)O. The van der Waals surface area contributed by atoms with Crippen LogP contribution in [-0.4, -0.2) is 22.8 Å². The smallest absolute Gasteiger partial charge is 0.160 e. The highest BCUT2D eigenvalue weighted by molar-refractivity contribution is 5.53. The van der Waals surface area contributed by atoms with E-state index in [2.05, 4.69) is 0 Å². The van der Waals surface area contributed by atoms with Crippen molar-refractivity contribution in [1.82, 2.24) is 0 Å². The molecule has 3 heteroatoms. The van der Waals surface area contributed by atoms with Crippen LogP contribution in [0.4, 0.5) is 0 Å². The summed E-state index contributed by atoms with van der Waals surface area (Å²) in [5.74, 6) is -0.616. The van der Waals surface area contributed by atoms with E-state index in [0.29, 0.717) is 12.7 Å². The first kappa shape index (κ1) is 7.59. The van der Waals surface area contributed by atoms with Crippen LogP contribution in [0.25, 0.3) is 0 Å². The summed E-state index contributed by atoms with van der Waals surface area (Å²) in [6.07, 6.45) is -0.469. The lowest BCUT2D eigenvalue weighted by molar-refractivity contribution is -0.128. The largest absolute Gasteiger partial charge is 0.368 e. The van der Waals surface area contributed by atoms with E-state index in [1.165, 1.54) is 0 Å². The van der Waals surface area contributed by atoms with Gasteiger partial charge in [-0.15, -0.1) is 0 Å². The van der Waals surface area contributed by atoms with Crippen molar-refractivity contribution in [2.45, 2.75) is 19.6 Å². The number of carbonyl (C=O) groups excluding carboxylic acids is 1. The Morgan fingerprint density at radius 1 is 1.62 bits per heavy atom. The maximum absolute atomic E-state index is 9.86. The molecule has 3 nitrogen and oxygen atoms in total. The van der Waals surface area contributed by atoms with Crippen LogP contribution < -0.4 is 0 Å². The van der Waals surface area contributed by atoms with E-state index < -0.39 is 12.2 Å². The number of hydrogen-bond donors (Lipinski definition) is 2. The zero-order valence-electron chi connectivity index (χ0n) is 4.74. The number of hydrogen-bond acceptors (Lipinski definition) is 3. The molecular weight excluding hydrogens is 108 g/mol. The summed E-state index contributed by atoms with van der Waals surface area (Å²) in [6.45, 7) is 1.72. The summed E-state index contributed by atoms with van der Waals surface area (Å²) in [7, 11) is 0. The maximum Gasteiger partial charge on any atom is 0.160 e. The first-order chi connectivity index (χ1) is 3.72. The van der Waals surface area contributed by atoms with Crippen molar-refractivity contribution in [3.8, 4) is 0 Å². The van der Waals surface area contributed by atoms with Crippen molar-refractivity contribution < 1.29 is 15.0 Å². The Bertz CT molecular complexity index is 70.1. The zero-order valence-corrected chi connectivity index (χ0v) is 4.74. The molecular formula is C5H10O3. The Kier molecular flexibility index (Phi) is 3.39. The molecule has 8 heavy (non-hydrogen) atoms. The van der Waals surface area contributed by atoms with Crippen LogP contribution in [0.3, 0.4) is 0 Å². The summed E-state index contributed by atoms with van der Waals surface area (Å²) < 4.78 is 0. The molecule has 0 aromatic carbocycles. The zero-order chi connectivity index (χ0) is 6.57. The summed E-state index contributed by atoms with van der Waals surface area (Å²) in [4.78, 5) is 9.86. The van der Waals surface area contributed by atoms with Crippen LogP contribution in [-0.2, 0) is 4.79 Å². The number of carbonyl (C=O) groups is 1. The number of aliphatic hydroxyl groups is 2. The maximum atomic E-state index is 9.86. The summed E-state index contributed by atoms with van der Waals surface area (Å²) in [6, 6.07) is 0. The van der Waals surface area contributed by atoms with Crippen molar-refractivity contribution >= 4 is 6.29 Å². The normalized spacial score (nSPS) is 14.0. The quantitative estimate of drug-likeness (QED) is 0.389. The first-order valence-electron chi connectivity index (χ1n) is 2.53. The minimum Gasteiger partial charge on any atom is -0.368 e. The fraction of sp³-hybridized carbons (Fsp3) is 0.800. The summed E-state index contributed by atoms with van der Waals surface area (Å²) in [5, 5.41) is 16.7. The van der Waals surface area contributed by atoms with E-state index in [1.54, 1.807) is 6.92 Å². The van der Waals surface area contributed by atoms with Gasteiger partial charge in [0.15, 0.2) is 6.29 Å². The Morgan fingerprint density at radius 2 is 2.12 bits per heavy atom. The lowest BCUT2D eigenvalue weighted by atomic mass is 10.1. The first-order valence-corrected chi connectivity index (χ1v) is 2.53. The van der Waals surface area contributed by atoms with E-state index in [0.717, 1.165) is 0 Å². The highest BCUT2D eigenvalue weighted by Crippen LogP contribution is 2.00. The van der Waals surface area contributed by atoms with Crippen molar-refractivity contribution in [2.75, 3.05) is 0 Å². The van der Waals surface area contributed by atoms with Gasteiger partial charge in [0.1, 0.15) is 6.29 Å². The molecule has 0 saturated carbocycles. The van der Waals surface area contributed by atoms with Crippen LogP contribution in [0.2, 0.25) is 0 Å². The van der Waals surface area contributed by atoms with Crippen LogP contribution in [0.1, 0.15) is 13.3 Å². The Morgan fingerprint density at radius 3 is 2.12 bits per heavy atom. The van der Waals surface area contributed by atoms with Crippen molar-refractivity contribution in [2.24, 2.45) is 5.92 Å². The van der Waals surface area contributed by atoms with E-state index in [-0.39, 0.29) is 0 Å². The van der Waals surface area contributed by atoms with Crippen molar-refractivity contribution in [1.29, 1.82) is 0 Å². The van der Waals surface area contributed by atoms with Gasteiger partial charge < -0.3 is 15.0 Å². The second kappa shape index (κ2) is 3.57. The van der Waals surface area contributed by atoms with E-state index in [9.17, 15) is 4.79 Å². The molecule has 0 saturated heterocycles. The number of aliphatic hydroxyl groups excluding tert-OH is 1. The third-order valence-electron chi connectivity index (χ3n) is 1.03. The molecule has 0 heterocycles. The molecule has 0 aliphatic heterocycles. The molecule has 0 aliphatic carbocycles. The molecule has 0 aromatic rings. The average molecular weight is 118 g/mol. The van der Waals surface area contributed by atoms with Gasteiger partial charge in [0.25, 0.3) is 0 Å². The molecule has 0 aliphatic rings. The van der Waals surface area contributed by atoms with Crippen LogP contribution in [0.5, 0.6) is 0 Å². The fourth-order valence-electron chi connectivity index (χ4n) is 0.377. The van der Waals surface area contributed by atoms with E-state index in [4.69, 9.17) is 10.2 Å². The third-order valence-corrected chi connectivity index (χ3v) is 1.03. The van der Waals surface area contributed by atoms with Gasteiger partial charge in [-0.05, 0) is 6.42 Å². The highest BCUT2D eigenvalue weighted by Gasteiger charge is 2.11. The Labute approximate surface area is 47.9 Å². The molecule has 0 aromatic heterocycles. The predicted molar refractivity (Wildman–Crippen MR) is 28.1 cm³/mol. The fourth-order valence-corrected chi connectivity index (χ4v) is 0.377. The highest BCUT2D eigenvalue weighted by atomic mass is 16.5. The minimum absolute atomic E-state index is 0.473. The molecule has 48 valence electrons. The molecule has 0 amide bonds. The van der Waals surface area contributed by atoms with E-state index in [1.807, 2.05) is 0 Å². The lowest BCUT2D eigenvalue weighted by Gasteiger charge is -2.07. The van der Waals surface area contributed by atoms with E-state index >= 15 is 0 Å². The standard InChI is InChI=1S/C5H10O3/c1-2-4(3-6)5(7)8/h3-5,7-8H,2H2,1H3. The Balaban J connectivity index is 3.51. The molecule has 0 fully saturated rings. The molecule has 1 unspecified atom stereocenters. The molecule has 0 radical (unpaired) electrons. The van der Waals surface area contributed by atoms with Gasteiger partial charge >= 0.3 is 0 Å². The monoisotopic (exact) mass is 118 g/mol. The second-order valence-electron chi connectivity index (χ2n) is 1.62. The molecule has 0 bridgehead atoms. The number of aldehydes is 1. The summed E-state index contributed by atoms with van der Waals surface area (Å²) in [5.41, 5.74) is 0. The van der Waals surface area contributed by atoms with Gasteiger partial charge in [-0.1, -0.05) is 6.92 Å². The Hall–Kier alpha value is -0.410. The van der Waals surface area contributed by atoms with Gasteiger partial charge in [-0.25, -0.2) is 0 Å².